The molecular weight excluding hydrogens is 326 g/mol. The molecular formula is C21H29NO2Si. The Hall–Kier alpha value is -1.91. The zero-order chi connectivity index (χ0) is 18.4. The fourth-order valence-corrected chi connectivity index (χ4v) is 8.22. The number of nitrogens with one attached hydrogen (secondary N) is 1. The predicted molar refractivity (Wildman–Crippen MR) is 107 cm³/mol. The Balaban J connectivity index is 2.14. The smallest absolute Gasteiger partial charge is 0.251 e. The predicted octanol–water partition coefficient (Wildman–Crippen LogP) is 4.24. The van der Waals surface area contributed by atoms with E-state index in [2.05, 4.69) is 45.1 Å². The summed E-state index contributed by atoms with van der Waals surface area (Å²) in [5, 5.41) is 4.22. The van der Waals surface area contributed by atoms with E-state index in [1.165, 1.54) is 5.19 Å². The molecule has 0 aliphatic carbocycles. The molecule has 0 heterocycles. The molecule has 0 radical (unpaired) electrons. The highest BCUT2D eigenvalue weighted by Crippen LogP contribution is 2.32. The Kier molecular flexibility index (Phi) is 6.56. The molecule has 1 N–H and O–H groups in total. The average Bonchev–Trinajstić information content (AvgIpc) is 2.61. The fraction of sp³-hybridized carbons (Fsp3) is 0.381. The zero-order valence-corrected chi connectivity index (χ0v) is 16.9. The highest BCUT2D eigenvalue weighted by atomic mass is 28.4. The molecule has 0 atom stereocenters. The first-order chi connectivity index (χ1) is 11.9. The van der Waals surface area contributed by atoms with Gasteiger partial charge in [0.05, 0.1) is 0 Å². The van der Waals surface area contributed by atoms with Crippen molar-refractivity contribution in [2.75, 3.05) is 7.11 Å². The van der Waals surface area contributed by atoms with Crippen molar-refractivity contribution in [1.82, 2.24) is 5.32 Å². The van der Waals surface area contributed by atoms with Gasteiger partial charge in [-0.2, -0.15) is 0 Å². The van der Waals surface area contributed by atoms with Gasteiger partial charge < -0.3 is 9.74 Å². The molecule has 4 heteroatoms. The molecule has 0 saturated carbocycles. The molecule has 0 aromatic heterocycles. The van der Waals surface area contributed by atoms with Gasteiger partial charge in [0.2, 0.25) is 8.32 Å². The molecule has 25 heavy (non-hydrogen) atoms. The summed E-state index contributed by atoms with van der Waals surface area (Å²) in [6.07, 6.45) is 0. The van der Waals surface area contributed by atoms with Crippen LogP contribution < -0.4 is 10.5 Å². The summed E-state index contributed by atoms with van der Waals surface area (Å²) in [5.74, 6) is -0.0471. The number of hydrogen-bond donors (Lipinski definition) is 1. The molecule has 0 saturated heterocycles. The number of amides is 1. The molecule has 0 aliphatic heterocycles. The molecule has 134 valence electrons. The van der Waals surface area contributed by atoms with Crippen LogP contribution >= 0.6 is 0 Å². The molecule has 0 fully saturated rings. The van der Waals surface area contributed by atoms with Crippen molar-refractivity contribution in [3.05, 3.63) is 65.7 Å². The van der Waals surface area contributed by atoms with Crippen LogP contribution in [-0.2, 0) is 11.0 Å². The third-order valence-corrected chi connectivity index (χ3v) is 10.3. The normalized spacial score (nSPS) is 11.8. The van der Waals surface area contributed by atoms with Crippen molar-refractivity contribution in [2.45, 2.75) is 45.3 Å². The lowest BCUT2D eigenvalue weighted by Crippen LogP contribution is -2.55. The van der Waals surface area contributed by atoms with Crippen LogP contribution in [0.15, 0.2) is 54.6 Å². The molecule has 0 bridgehead atoms. The van der Waals surface area contributed by atoms with Crippen LogP contribution in [0.25, 0.3) is 0 Å². The van der Waals surface area contributed by atoms with E-state index in [9.17, 15) is 4.79 Å². The third-order valence-electron chi connectivity index (χ3n) is 4.95. The second-order valence-corrected chi connectivity index (χ2v) is 11.9. The fourth-order valence-electron chi connectivity index (χ4n) is 3.68. The van der Waals surface area contributed by atoms with Gasteiger partial charge >= 0.3 is 0 Å². The Morgan fingerprint density at radius 2 is 1.52 bits per heavy atom. The highest BCUT2D eigenvalue weighted by Gasteiger charge is 2.43. The number of hydrogen-bond acceptors (Lipinski definition) is 2. The number of carbonyl (C=O) groups excluding carboxylic acids is 1. The van der Waals surface area contributed by atoms with Gasteiger partial charge in [0, 0.05) is 19.2 Å². The van der Waals surface area contributed by atoms with Crippen LogP contribution in [0, 0.1) is 0 Å². The van der Waals surface area contributed by atoms with Gasteiger partial charge in [-0.05, 0) is 34.0 Å². The van der Waals surface area contributed by atoms with Gasteiger partial charge in [-0.3, -0.25) is 4.79 Å². The van der Waals surface area contributed by atoms with Gasteiger partial charge in [0.1, 0.15) is 0 Å². The molecule has 2 rings (SSSR count). The second-order valence-electron chi connectivity index (χ2n) is 7.05. The monoisotopic (exact) mass is 355 g/mol. The van der Waals surface area contributed by atoms with Gasteiger partial charge in [-0.25, -0.2) is 0 Å². The maximum absolute atomic E-state index is 12.4. The molecule has 1 amide bonds. The van der Waals surface area contributed by atoms with Crippen LogP contribution in [-0.4, -0.2) is 21.3 Å². The number of carbonyl (C=O) groups is 1. The van der Waals surface area contributed by atoms with Crippen LogP contribution in [0.3, 0.4) is 0 Å². The van der Waals surface area contributed by atoms with Gasteiger partial charge in [0.15, 0.2) is 0 Å². The summed E-state index contributed by atoms with van der Waals surface area (Å²) in [5.41, 5.74) is 2.72. The summed E-state index contributed by atoms with van der Waals surface area (Å²) in [7, 11) is -0.235. The Morgan fingerprint density at radius 1 is 0.960 bits per heavy atom. The van der Waals surface area contributed by atoms with Gasteiger partial charge in [-0.15, -0.1) is 0 Å². The maximum atomic E-state index is 12.4. The van der Waals surface area contributed by atoms with E-state index in [4.69, 9.17) is 4.43 Å². The Labute approximate surface area is 152 Å². The van der Waals surface area contributed by atoms with E-state index >= 15 is 0 Å². The van der Waals surface area contributed by atoms with Gasteiger partial charge in [-0.1, -0.05) is 70.2 Å². The average molecular weight is 356 g/mol. The lowest BCUT2D eigenvalue weighted by atomic mass is 10.2. The van der Waals surface area contributed by atoms with Crippen LogP contribution in [0.1, 0.15) is 43.6 Å². The summed E-state index contributed by atoms with van der Waals surface area (Å²) >= 11 is 0. The molecule has 2 aromatic rings. The van der Waals surface area contributed by atoms with E-state index in [-0.39, 0.29) is 5.91 Å². The second kappa shape index (κ2) is 8.45. The lowest BCUT2D eigenvalue weighted by molar-refractivity contribution is 0.0951. The zero-order valence-electron chi connectivity index (χ0n) is 15.9. The standard InChI is InChI=1S/C21H29NO2Si/c1-16(2)25(24-5,17(3)4)20-13-11-19(12-14-20)21(23)22-15-18-9-7-6-8-10-18/h6-14,16-17H,15H2,1-5H3,(H,22,23). The maximum Gasteiger partial charge on any atom is 0.251 e. The van der Waals surface area contributed by atoms with E-state index < -0.39 is 8.32 Å². The SMILES string of the molecule is CO[Si](c1ccc(C(=O)NCc2ccccc2)cc1)(C(C)C)C(C)C. The molecule has 2 aromatic carbocycles. The number of benzene rings is 2. The first kappa shape index (κ1) is 19.4. The molecule has 0 unspecified atom stereocenters. The molecule has 3 nitrogen and oxygen atoms in total. The van der Waals surface area contributed by atoms with Crippen LogP contribution in [0.2, 0.25) is 11.1 Å². The van der Waals surface area contributed by atoms with Crippen LogP contribution in [0.4, 0.5) is 0 Å². The summed E-state index contributed by atoms with van der Waals surface area (Å²) in [4.78, 5) is 12.4. The minimum absolute atomic E-state index is 0.0471. The van der Waals surface area contributed by atoms with E-state index in [0.717, 1.165) is 5.56 Å². The van der Waals surface area contributed by atoms with E-state index in [1.807, 2.05) is 49.6 Å². The first-order valence-corrected chi connectivity index (χ1v) is 11.0. The van der Waals surface area contributed by atoms with Crippen molar-refractivity contribution in [3.8, 4) is 0 Å². The quantitative estimate of drug-likeness (QED) is 0.755. The van der Waals surface area contributed by atoms with Crippen molar-refractivity contribution >= 4 is 19.4 Å². The van der Waals surface area contributed by atoms with Crippen molar-refractivity contribution in [1.29, 1.82) is 0 Å². The van der Waals surface area contributed by atoms with Crippen LogP contribution in [0.5, 0.6) is 0 Å². The summed E-state index contributed by atoms with van der Waals surface area (Å²) < 4.78 is 6.09. The Bertz CT molecular complexity index is 673. The molecule has 0 aliphatic rings. The van der Waals surface area contributed by atoms with Gasteiger partial charge in [0.25, 0.3) is 5.91 Å². The minimum atomic E-state index is -2.06. The Morgan fingerprint density at radius 3 is 2.00 bits per heavy atom. The largest absolute Gasteiger partial charge is 0.415 e. The minimum Gasteiger partial charge on any atom is -0.415 e. The lowest BCUT2D eigenvalue weighted by Gasteiger charge is -2.37. The highest BCUT2D eigenvalue weighted by molar-refractivity contribution is 6.88. The first-order valence-electron chi connectivity index (χ1n) is 8.89. The van der Waals surface area contributed by atoms with E-state index in [1.54, 1.807) is 0 Å². The van der Waals surface area contributed by atoms with Crippen molar-refractivity contribution in [2.24, 2.45) is 0 Å². The third kappa shape index (κ3) is 4.20. The topological polar surface area (TPSA) is 38.3 Å². The van der Waals surface area contributed by atoms with Crippen molar-refractivity contribution < 1.29 is 9.22 Å². The number of rotatable bonds is 7. The molecule has 0 spiro atoms. The summed E-state index contributed by atoms with van der Waals surface area (Å²) in [6.45, 7) is 9.47. The van der Waals surface area contributed by atoms with Crippen molar-refractivity contribution in [3.63, 3.8) is 0 Å². The summed E-state index contributed by atoms with van der Waals surface area (Å²) in [6, 6.07) is 17.9. The van der Waals surface area contributed by atoms with E-state index in [0.29, 0.717) is 23.2 Å².